The summed E-state index contributed by atoms with van der Waals surface area (Å²) in [4.78, 5) is 11.6. The molecule has 0 unspecified atom stereocenters. The van der Waals surface area contributed by atoms with Crippen LogP contribution in [-0.4, -0.2) is 12.1 Å². The zero-order chi connectivity index (χ0) is 24.1. The molecule has 0 amide bonds. The van der Waals surface area contributed by atoms with E-state index in [0.29, 0.717) is 28.6 Å². The van der Waals surface area contributed by atoms with Crippen LogP contribution in [0.15, 0.2) is 23.8 Å². The molecule has 4 rings (SSSR count). The van der Waals surface area contributed by atoms with Gasteiger partial charge in [-0.2, -0.15) is 0 Å². The van der Waals surface area contributed by atoms with Crippen LogP contribution in [0, 0.1) is 52.3 Å². The van der Waals surface area contributed by atoms with Gasteiger partial charge in [-0.3, -0.25) is 4.79 Å². The first kappa shape index (κ1) is 25.1. The summed E-state index contributed by atoms with van der Waals surface area (Å²) < 4.78 is 5.75. The number of rotatable bonds is 6. The summed E-state index contributed by atoms with van der Waals surface area (Å²) in [5.74, 6) is 4.90. The summed E-state index contributed by atoms with van der Waals surface area (Å²) in [5, 5.41) is 0. The highest BCUT2D eigenvalue weighted by molar-refractivity contribution is 5.66. The Balaban J connectivity index is 1.51. The summed E-state index contributed by atoms with van der Waals surface area (Å²) in [7, 11) is 0. The molecule has 4 aliphatic carbocycles. The van der Waals surface area contributed by atoms with Gasteiger partial charge in [0.2, 0.25) is 0 Å². The molecule has 0 saturated heterocycles. The summed E-state index contributed by atoms with van der Waals surface area (Å²) in [6.07, 6.45) is 14.3. The number of allylic oxidation sites excluding steroid dienone is 3. The predicted molar refractivity (Wildman–Crippen MR) is 138 cm³/mol. The van der Waals surface area contributed by atoms with E-state index in [2.05, 4.69) is 54.2 Å². The van der Waals surface area contributed by atoms with Gasteiger partial charge in [-0.05, 0) is 110 Å². The number of carbonyl (C=O) groups is 1. The van der Waals surface area contributed by atoms with Gasteiger partial charge in [0.05, 0.1) is 0 Å². The molecule has 4 aliphatic rings. The van der Waals surface area contributed by atoms with Crippen molar-refractivity contribution >= 4 is 5.97 Å². The van der Waals surface area contributed by atoms with Gasteiger partial charge in [-0.1, -0.05) is 65.3 Å². The molecule has 2 nitrogen and oxygen atoms in total. The van der Waals surface area contributed by atoms with Gasteiger partial charge in [0.1, 0.15) is 6.10 Å². The molecule has 0 spiro atoms. The van der Waals surface area contributed by atoms with E-state index < -0.39 is 0 Å². The van der Waals surface area contributed by atoms with Crippen molar-refractivity contribution in [2.24, 2.45) is 52.3 Å². The lowest BCUT2D eigenvalue weighted by molar-refractivity contribution is -0.156. The van der Waals surface area contributed by atoms with E-state index in [0.717, 1.165) is 30.1 Å². The van der Waals surface area contributed by atoms with Crippen molar-refractivity contribution in [3.63, 3.8) is 0 Å². The van der Waals surface area contributed by atoms with Crippen molar-refractivity contribution in [1.82, 2.24) is 0 Å². The lowest BCUT2D eigenvalue weighted by atomic mass is 9.47. The van der Waals surface area contributed by atoms with Gasteiger partial charge < -0.3 is 4.74 Å². The third kappa shape index (κ3) is 4.27. The van der Waals surface area contributed by atoms with Crippen LogP contribution in [0.4, 0.5) is 0 Å². The SMILES string of the molecule is C=C(CC[C@@H](C)[C@H]1CC[C@H]2[C@@H]3CC[C@H]4[C@H](C)[C@@H](OC(C)=O)CC[C@]4(C)C3=CC[C@]12C)C(C)C. The smallest absolute Gasteiger partial charge is 0.302 e. The molecule has 0 bridgehead atoms. The lowest BCUT2D eigenvalue weighted by Crippen LogP contribution is -2.52. The monoisotopic (exact) mass is 454 g/mol. The van der Waals surface area contributed by atoms with E-state index in [-0.39, 0.29) is 12.1 Å². The Morgan fingerprint density at radius 2 is 1.82 bits per heavy atom. The maximum absolute atomic E-state index is 11.6. The molecule has 0 aromatic carbocycles. The Morgan fingerprint density at radius 3 is 2.48 bits per heavy atom. The van der Waals surface area contributed by atoms with Crippen LogP contribution in [-0.2, 0) is 9.53 Å². The Labute approximate surface area is 204 Å². The fourth-order valence-electron chi connectivity index (χ4n) is 9.21. The van der Waals surface area contributed by atoms with Crippen molar-refractivity contribution in [2.75, 3.05) is 0 Å². The second-order valence-electron chi connectivity index (χ2n) is 13.2. The number of hydrogen-bond donors (Lipinski definition) is 0. The second-order valence-corrected chi connectivity index (χ2v) is 13.2. The summed E-state index contributed by atoms with van der Waals surface area (Å²) >= 11 is 0. The van der Waals surface area contributed by atoms with Gasteiger partial charge in [0.15, 0.2) is 0 Å². The molecule has 33 heavy (non-hydrogen) atoms. The van der Waals surface area contributed by atoms with Crippen molar-refractivity contribution in [3.05, 3.63) is 23.8 Å². The van der Waals surface area contributed by atoms with Crippen LogP contribution >= 0.6 is 0 Å². The average Bonchev–Trinajstić information content (AvgIpc) is 3.11. The Bertz CT molecular complexity index is 793. The van der Waals surface area contributed by atoms with Crippen LogP contribution < -0.4 is 0 Å². The first-order chi connectivity index (χ1) is 15.5. The Morgan fingerprint density at radius 1 is 1.12 bits per heavy atom. The van der Waals surface area contributed by atoms with E-state index in [4.69, 9.17) is 4.74 Å². The Kier molecular flexibility index (Phi) is 6.98. The number of hydrogen-bond acceptors (Lipinski definition) is 2. The number of ether oxygens (including phenoxy) is 1. The average molecular weight is 455 g/mol. The fourth-order valence-corrected chi connectivity index (χ4v) is 9.21. The molecule has 0 aromatic rings. The van der Waals surface area contributed by atoms with Crippen molar-refractivity contribution in [1.29, 1.82) is 0 Å². The zero-order valence-electron chi connectivity index (χ0n) is 22.6. The first-order valence-electron chi connectivity index (χ1n) is 14.0. The van der Waals surface area contributed by atoms with Crippen molar-refractivity contribution in [2.45, 2.75) is 112 Å². The highest BCUT2D eigenvalue weighted by atomic mass is 16.5. The summed E-state index contributed by atoms with van der Waals surface area (Å²) in [6.45, 7) is 20.6. The minimum Gasteiger partial charge on any atom is -0.462 e. The third-order valence-electron chi connectivity index (χ3n) is 11.3. The second kappa shape index (κ2) is 9.19. The molecule has 3 saturated carbocycles. The standard InChI is InChI=1S/C31H50O2/c1-19(2)20(3)9-10-21(4)25-13-14-27-24-11-12-26-22(5)29(33-23(6)32)16-18-31(26,8)28(24)15-17-30(25,27)7/h15,19,21-22,24-27,29H,3,9-14,16-18H2,1-2,4-8H3/t21-,22+,24+,25-,26+,27+,29+,30-,31+/m1/s1. The van der Waals surface area contributed by atoms with Crippen LogP contribution in [0.1, 0.15) is 106 Å². The first-order valence-corrected chi connectivity index (χ1v) is 14.0. The molecule has 0 heterocycles. The van der Waals surface area contributed by atoms with Crippen LogP contribution in [0.2, 0.25) is 0 Å². The van der Waals surface area contributed by atoms with E-state index >= 15 is 0 Å². The molecule has 0 aliphatic heterocycles. The summed E-state index contributed by atoms with van der Waals surface area (Å²) in [6, 6.07) is 0. The largest absolute Gasteiger partial charge is 0.462 e. The van der Waals surface area contributed by atoms with Gasteiger partial charge in [0, 0.05) is 6.92 Å². The van der Waals surface area contributed by atoms with Gasteiger partial charge in [-0.25, -0.2) is 0 Å². The molecule has 2 heteroatoms. The topological polar surface area (TPSA) is 26.3 Å². The minimum atomic E-state index is -0.111. The molecular weight excluding hydrogens is 404 g/mol. The molecule has 0 N–H and O–H groups in total. The quantitative estimate of drug-likeness (QED) is 0.297. The van der Waals surface area contributed by atoms with Crippen LogP contribution in [0.3, 0.4) is 0 Å². The molecule has 0 aromatic heterocycles. The highest BCUT2D eigenvalue weighted by Gasteiger charge is 2.59. The van der Waals surface area contributed by atoms with Gasteiger partial charge in [-0.15, -0.1) is 0 Å². The van der Waals surface area contributed by atoms with Gasteiger partial charge in [0.25, 0.3) is 0 Å². The number of carbonyl (C=O) groups excluding carboxylic acids is 1. The van der Waals surface area contributed by atoms with E-state index in [1.54, 1.807) is 12.5 Å². The van der Waals surface area contributed by atoms with Gasteiger partial charge >= 0.3 is 5.97 Å². The molecule has 186 valence electrons. The lowest BCUT2D eigenvalue weighted by Gasteiger charge is -2.59. The highest BCUT2D eigenvalue weighted by Crippen LogP contribution is 2.67. The van der Waals surface area contributed by atoms with E-state index in [9.17, 15) is 4.79 Å². The summed E-state index contributed by atoms with van der Waals surface area (Å²) in [5.41, 5.74) is 4.00. The molecule has 0 radical (unpaired) electrons. The molecule has 3 fully saturated rings. The van der Waals surface area contributed by atoms with Crippen LogP contribution in [0.5, 0.6) is 0 Å². The van der Waals surface area contributed by atoms with Crippen LogP contribution in [0.25, 0.3) is 0 Å². The van der Waals surface area contributed by atoms with Crippen molar-refractivity contribution in [3.8, 4) is 0 Å². The third-order valence-corrected chi connectivity index (χ3v) is 11.3. The van der Waals surface area contributed by atoms with Crippen molar-refractivity contribution < 1.29 is 9.53 Å². The maximum Gasteiger partial charge on any atom is 0.302 e. The zero-order valence-corrected chi connectivity index (χ0v) is 22.6. The number of esters is 1. The van der Waals surface area contributed by atoms with E-state index in [1.165, 1.54) is 56.9 Å². The number of fused-ring (bicyclic) bond motifs is 5. The van der Waals surface area contributed by atoms with E-state index in [1.807, 2.05) is 0 Å². The normalized spacial score (nSPS) is 43.2. The minimum absolute atomic E-state index is 0.111. The Hall–Kier alpha value is -1.05. The maximum atomic E-state index is 11.6. The fraction of sp³-hybridized carbons (Fsp3) is 0.839. The predicted octanol–water partition coefficient (Wildman–Crippen LogP) is 8.37. The molecule has 9 atom stereocenters. The molecular formula is C31H50O2.